The maximum atomic E-state index is 11.6. The number of nitro groups is 1. The zero-order chi connectivity index (χ0) is 21.2. The smallest absolute Gasteiger partial charge is 0.407 e. The molecule has 1 heterocycles. The number of rotatable bonds is 10. The maximum absolute atomic E-state index is 11.6. The fraction of sp³-hybridized carbons (Fsp3) is 0.444. The number of nitrogens with one attached hydrogen (secondary N) is 1. The molecule has 29 heavy (non-hydrogen) atoms. The Morgan fingerprint density at radius 3 is 2.34 bits per heavy atom. The summed E-state index contributed by atoms with van der Waals surface area (Å²) in [6.45, 7) is 0.334. The molecule has 0 aromatic heterocycles. The summed E-state index contributed by atoms with van der Waals surface area (Å²) in [4.78, 5) is 60.7. The number of unbranched alkanes of at least 4 members (excludes halogenated alkanes) is 2. The van der Waals surface area contributed by atoms with E-state index in [-0.39, 0.29) is 31.6 Å². The molecule has 1 aromatic carbocycles. The van der Waals surface area contributed by atoms with Crippen molar-refractivity contribution in [2.45, 2.75) is 45.1 Å². The normalized spacial score (nSPS) is 13.3. The molecule has 0 atom stereocenters. The lowest BCUT2D eigenvalue weighted by atomic mass is 10.2. The van der Waals surface area contributed by atoms with Gasteiger partial charge in [-0.25, -0.2) is 9.59 Å². The van der Waals surface area contributed by atoms with Crippen LogP contribution in [-0.2, 0) is 30.6 Å². The summed E-state index contributed by atoms with van der Waals surface area (Å²) >= 11 is 0. The Bertz CT molecular complexity index is 762. The van der Waals surface area contributed by atoms with E-state index in [9.17, 15) is 29.3 Å². The monoisotopic (exact) mass is 407 g/mol. The molecule has 2 rings (SSSR count). The quantitative estimate of drug-likeness (QED) is 0.268. The molecule has 11 heteroatoms. The van der Waals surface area contributed by atoms with Crippen molar-refractivity contribution < 1.29 is 33.7 Å². The number of hydrogen-bond acceptors (Lipinski definition) is 8. The van der Waals surface area contributed by atoms with Crippen molar-refractivity contribution in [3.63, 3.8) is 0 Å². The van der Waals surface area contributed by atoms with Gasteiger partial charge in [0.1, 0.15) is 6.61 Å². The first kappa shape index (κ1) is 21.8. The van der Waals surface area contributed by atoms with Gasteiger partial charge in [0.05, 0.1) is 4.92 Å². The highest BCUT2D eigenvalue weighted by molar-refractivity contribution is 6.01. The fourth-order valence-corrected chi connectivity index (χ4v) is 2.48. The lowest BCUT2D eigenvalue weighted by Gasteiger charge is -2.12. The summed E-state index contributed by atoms with van der Waals surface area (Å²) in [5.41, 5.74) is 0.583. The third-order valence-corrected chi connectivity index (χ3v) is 4.04. The van der Waals surface area contributed by atoms with Gasteiger partial charge in [-0.2, -0.15) is 0 Å². The first-order valence-corrected chi connectivity index (χ1v) is 9.07. The summed E-state index contributed by atoms with van der Waals surface area (Å²) in [6.07, 6.45) is 1.25. The van der Waals surface area contributed by atoms with E-state index in [1.54, 1.807) is 0 Å². The molecule has 0 unspecified atom stereocenters. The number of hydroxylamine groups is 2. The summed E-state index contributed by atoms with van der Waals surface area (Å²) in [5, 5.41) is 13.6. The van der Waals surface area contributed by atoms with Crippen molar-refractivity contribution in [2.24, 2.45) is 0 Å². The van der Waals surface area contributed by atoms with Gasteiger partial charge in [-0.05, 0) is 30.5 Å². The van der Waals surface area contributed by atoms with Crippen LogP contribution in [0.15, 0.2) is 24.3 Å². The minimum absolute atomic E-state index is 0.0103. The van der Waals surface area contributed by atoms with Gasteiger partial charge in [0.15, 0.2) is 0 Å². The van der Waals surface area contributed by atoms with Crippen molar-refractivity contribution in [1.29, 1.82) is 0 Å². The summed E-state index contributed by atoms with van der Waals surface area (Å²) in [5.74, 6) is -1.68. The Labute approximate surface area is 166 Å². The minimum Gasteiger partial charge on any atom is -0.445 e. The Kier molecular flexibility index (Phi) is 8.07. The molecule has 1 aliphatic rings. The van der Waals surface area contributed by atoms with Crippen LogP contribution in [0.1, 0.15) is 44.1 Å². The Hall–Kier alpha value is -3.50. The Morgan fingerprint density at radius 2 is 1.72 bits per heavy atom. The second kappa shape index (κ2) is 10.7. The van der Waals surface area contributed by atoms with Crippen molar-refractivity contribution >= 4 is 29.6 Å². The van der Waals surface area contributed by atoms with Crippen LogP contribution >= 0.6 is 0 Å². The molecule has 0 radical (unpaired) electrons. The number of nitro benzene ring substituents is 1. The van der Waals surface area contributed by atoms with Gasteiger partial charge < -0.3 is 14.9 Å². The van der Waals surface area contributed by atoms with Gasteiger partial charge in [0.25, 0.3) is 17.5 Å². The molecule has 1 aliphatic heterocycles. The van der Waals surface area contributed by atoms with E-state index in [1.807, 2.05) is 0 Å². The Morgan fingerprint density at radius 1 is 1.07 bits per heavy atom. The molecule has 0 saturated carbocycles. The van der Waals surface area contributed by atoms with E-state index in [1.165, 1.54) is 24.3 Å². The van der Waals surface area contributed by atoms with Crippen molar-refractivity contribution in [3.8, 4) is 0 Å². The summed E-state index contributed by atoms with van der Waals surface area (Å²) in [7, 11) is 0. The highest BCUT2D eigenvalue weighted by Crippen LogP contribution is 2.14. The van der Waals surface area contributed by atoms with Crippen LogP contribution in [0.4, 0.5) is 10.5 Å². The van der Waals surface area contributed by atoms with Gasteiger partial charge in [0, 0.05) is 37.9 Å². The standard InChI is InChI=1S/C18H21N3O8/c22-15-9-10-16(23)20(15)29-17(24)4-2-1-3-11-19-18(25)28-12-13-5-7-14(8-6-13)21(26)27/h5-8H,1-4,9-12H2,(H,19,25). The topological polar surface area (TPSA) is 145 Å². The van der Waals surface area contributed by atoms with Crippen LogP contribution < -0.4 is 5.32 Å². The van der Waals surface area contributed by atoms with Crippen molar-refractivity contribution in [3.05, 3.63) is 39.9 Å². The lowest BCUT2D eigenvalue weighted by Crippen LogP contribution is -2.31. The SMILES string of the molecule is O=C(CCCCCNC(=O)OCc1ccc([N+](=O)[O-])cc1)ON1C(=O)CCC1=O. The number of hydrogen-bond donors (Lipinski definition) is 1. The number of alkyl carbamates (subject to hydrolysis) is 1. The number of carbonyl (C=O) groups excluding carboxylic acids is 4. The second-order valence-corrected chi connectivity index (χ2v) is 6.28. The second-order valence-electron chi connectivity index (χ2n) is 6.28. The summed E-state index contributed by atoms with van der Waals surface area (Å²) < 4.78 is 5.00. The molecular formula is C18H21N3O8. The number of benzene rings is 1. The number of ether oxygens (including phenoxy) is 1. The van der Waals surface area contributed by atoms with E-state index in [2.05, 4.69) is 5.32 Å². The predicted octanol–water partition coefficient (Wildman–Crippen LogP) is 1.99. The lowest BCUT2D eigenvalue weighted by molar-refractivity contribution is -0.384. The van der Waals surface area contributed by atoms with Gasteiger partial charge in [-0.1, -0.05) is 6.42 Å². The van der Waals surface area contributed by atoms with Gasteiger partial charge in [-0.3, -0.25) is 19.7 Å². The van der Waals surface area contributed by atoms with Crippen molar-refractivity contribution in [1.82, 2.24) is 10.4 Å². The highest BCUT2D eigenvalue weighted by atomic mass is 16.7. The number of amides is 3. The first-order valence-electron chi connectivity index (χ1n) is 9.07. The number of carbonyl (C=O) groups is 4. The van der Waals surface area contributed by atoms with Crippen LogP contribution in [0.25, 0.3) is 0 Å². The van der Waals surface area contributed by atoms with E-state index >= 15 is 0 Å². The zero-order valence-corrected chi connectivity index (χ0v) is 15.6. The number of non-ortho nitro benzene ring substituents is 1. The molecule has 0 bridgehead atoms. The van der Waals surface area contributed by atoms with E-state index in [0.29, 0.717) is 36.4 Å². The van der Waals surface area contributed by atoms with Crippen LogP contribution in [-0.4, -0.2) is 40.4 Å². The van der Waals surface area contributed by atoms with Gasteiger partial charge in [-0.15, -0.1) is 5.06 Å². The number of nitrogens with zero attached hydrogens (tertiary/aromatic N) is 2. The largest absolute Gasteiger partial charge is 0.445 e. The van der Waals surface area contributed by atoms with Crippen LogP contribution in [0.2, 0.25) is 0 Å². The van der Waals surface area contributed by atoms with Crippen LogP contribution in [0.3, 0.4) is 0 Å². The summed E-state index contributed by atoms with van der Waals surface area (Å²) in [6, 6.07) is 5.68. The molecule has 3 amide bonds. The zero-order valence-electron chi connectivity index (χ0n) is 15.6. The molecule has 0 aliphatic carbocycles. The Balaban J connectivity index is 1.52. The predicted molar refractivity (Wildman–Crippen MR) is 96.9 cm³/mol. The average Bonchev–Trinajstić information content (AvgIpc) is 3.01. The molecule has 156 valence electrons. The van der Waals surface area contributed by atoms with Gasteiger partial charge in [0.2, 0.25) is 0 Å². The highest BCUT2D eigenvalue weighted by Gasteiger charge is 2.32. The number of imide groups is 1. The van der Waals surface area contributed by atoms with Gasteiger partial charge >= 0.3 is 12.1 Å². The third-order valence-electron chi connectivity index (χ3n) is 4.04. The fourth-order valence-electron chi connectivity index (χ4n) is 2.48. The molecule has 0 spiro atoms. The molecule has 1 fully saturated rings. The van der Waals surface area contributed by atoms with Crippen molar-refractivity contribution in [2.75, 3.05) is 6.54 Å². The molecule has 1 N–H and O–H groups in total. The van der Waals surface area contributed by atoms with E-state index in [4.69, 9.17) is 9.57 Å². The van der Waals surface area contributed by atoms with E-state index < -0.39 is 28.8 Å². The van der Waals surface area contributed by atoms with Crippen LogP contribution in [0, 0.1) is 10.1 Å². The molecular weight excluding hydrogens is 386 g/mol. The average molecular weight is 407 g/mol. The maximum Gasteiger partial charge on any atom is 0.407 e. The third kappa shape index (κ3) is 7.20. The molecule has 1 aromatic rings. The van der Waals surface area contributed by atoms with E-state index in [0.717, 1.165) is 0 Å². The molecule has 1 saturated heterocycles. The van der Waals surface area contributed by atoms with Crippen LogP contribution in [0.5, 0.6) is 0 Å². The first-order chi connectivity index (χ1) is 13.9. The minimum atomic E-state index is -0.649. The molecule has 11 nitrogen and oxygen atoms in total.